The molecular formula is C12H20N4O3. The third-order valence-electron chi connectivity index (χ3n) is 3.41. The van der Waals surface area contributed by atoms with E-state index in [-0.39, 0.29) is 16.7 Å². The molecule has 1 aromatic rings. The zero-order valence-corrected chi connectivity index (χ0v) is 11.4. The fourth-order valence-corrected chi connectivity index (χ4v) is 2.45. The van der Waals surface area contributed by atoms with Gasteiger partial charge in [-0.25, -0.2) is 4.68 Å². The highest BCUT2D eigenvalue weighted by atomic mass is 16.6. The molecule has 106 valence electrons. The lowest BCUT2D eigenvalue weighted by Crippen LogP contribution is -2.22. The van der Waals surface area contributed by atoms with Gasteiger partial charge in [-0.05, 0) is 32.6 Å². The number of nitrogens with zero attached hydrogens (tertiary/aromatic N) is 3. The van der Waals surface area contributed by atoms with Gasteiger partial charge >= 0.3 is 5.69 Å². The van der Waals surface area contributed by atoms with Gasteiger partial charge in [0, 0.05) is 20.2 Å². The Hall–Kier alpha value is -1.63. The first kappa shape index (κ1) is 13.8. The number of hydrogen-bond acceptors (Lipinski definition) is 5. The van der Waals surface area contributed by atoms with E-state index in [2.05, 4.69) is 10.4 Å². The highest BCUT2D eigenvalue weighted by molar-refractivity contribution is 5.59. The maximum Gasteiger partial charge on any atom is 0.333 e. The number of nitro groups is 1. The average Bonchev–Trinajstić information content (AvgIpc) is 2.65. The molecule has 2 rings (SSSR count). The molecular weight excluding hydrogens is 248 g/mol. The summed E-state index contributed by atoms with van der Waals surface area (Å²) < 4.78 is 7.16. The van der Waals surface area contributed by atoms with Crippen LogP contribution in [-0.4, -0.2) is 34.0 Å². The van der Waals surface area contributed by atoms with Gasteiger partial charge in [-0.15, -0.1) is 0 Å². The molecule has 2 heterocycles. The molecule has 1 N–H and O–H groups in total. The second-order valence-corrected chi connectivity index (χ2v) is 4.87. The highest BCUT2D eigenvalue weighted by Gasteiger charge is 2.24. The van der Waals surface area contributed by atoms with Crippen LogP contribution in [0.4, 0.5) is 11.5 Å². The summed E-state index contributed by atoms with van der Waals surface area (Å²) in [6, 6.07) is 0. The standard InChI is InChI=1S/C12H20N4O3/c1-9-11(16(17)18)12(15(2)14-9)13-7-6-10-5-3-4-8-19-10/h10,13H,3-8H2,1-2H3. The molecule has 0 aliphatic carbocycles. The molecule has 1 aromatic heterocycles. The second kappa shape index (κ2) is 6.01. The molecule has 0 spiro atoms. The van der Waals surface area contributed by atoms with Gasteiger partial charge in [0.05, 0.1) is 11.0 Å². The first-order valence-electron chi connectivity index (χ1n) is 6.63. The van der Waals surface area contributed by atoms with Crippen LogP contribution in [-0.2, 0) is 11.8 Å². The van der Waals surface area contributed by atoms with E-state index in [0.29, 0.717) is 18.1 Å². The predicted octanol–water partition coefficient (Wildman–Crippen LogP) is 2.01. The summed E-state index contributed by atoms with van der Waals surface area (Å²) in [5.74, 6) is 0.471. The van der Waals surface area contributed by atoms with E-state index in [1.54, 1.807) is 14.0 Å². The first-order valence-corrected chi connectivity index (χ1v) is 6.63. The van der Waals surface area contributed by atoms with E-state index in [0.717, 1.165) is 25.9 Å². The maximum atomic E-state index is 11.0. The van der Waals surface area contributed by atoms with Crippen molar-refractivity contribution in [3.8, 4) is 0 Å². The van der Waals surface area contributed by atoms with Gasteiger partial charge < -0.3 is 10.1 Å². The molecule has 1 fully saturated rings. The zero-order chi connectivity index (χ0) is 13.8. The van der Waals surface area contributed by atoms with Crippen LogP contribution in [0.1, 0.15) is 31.4 Å². The lowest BCUT2D eigenvalue weighted by molar-refractivity contribution is -0.384. The minimum Gasteiger partial charge on any atom is -0.378 e. The summed E-state index contributed by atoms with van der Waals surface area (Å²) in [5.41, 5.74) is 0.496. The van der Waals surface area contributed by atoms with E-state index in [4.69, 9.17) is 4.74 Å². The fraction of sp³-hybridized carbons (Fsp3) is 0.750. The number of rotatable bonds is 5. The zero-order valence-electron chi connectivity index (χ0n) is 11.4. The monoisotopic (exact) mass is 268 g/mol. The van der Waals surface area contributed by atoms with Crippen LogP contribution < -0.4 is 5.32 Å². The van der Waals surface area contributed by atoms with Crippen molar-refractivity contribution in [1.82, 2.24) is 9.78 Å². The Bertz CT molecular complexity index is 452. The van der Waals surface area contributed by atoms with E-state index in [1.807, 2.05) is 0 Å². The van der Waals surface area contributed by atoms with Crippen LogP contribution in [0.5, 0.6) is 0 Å². The molecule has 1 saturated heterocycles. The molecule has 7 heteroatoms. The first-order chi connectivity index (χ1) is 9.09. The van der Waals surface area contributed by atoms with Gasteiger partial charge in [0.25, 0.3) is 0 Å². The molecule has 1 atom stereocenters. The Morgan fingerprint density at radius 1 is 1.58 bits per heavy atom. The topological polar surface area (TPSA) is 82.2 Å². The van der Waals surface area contributed by atoms with Gasteiger partial charge in [0.1, 0.15) is 5.69 Å². The number of hydrogen-bond donors (Lipinski definition) is 1. The van der Waals surface area contributed by atoms with Gasteiger partial charge in [0.2, 0.25) is 5.82 Å². The van der Waals surface area contributed by atoms with Gasteiger partial charge in [-0.2, -0.15) is 5.10 Å². The number of nitrogens with one attached hydrogen (secondary N) is 1. The molecule has 7 nitrogen and oxygen atoms in total. The molecule has 1 aliphatic rings. The smallest absolute Gasteiger partial charge is 0.333 e. The van der Waals surface area contributed by atoms with Gasteiger partial charge in [-0.1, -0.05) is 0 Å². The Labute approximate surface area is 112 Å². The van der Waals surface area contributed by atoms with Crippen molar-refractivity contribution in [2.45, 2.75) is 38.7 Å². The van der Waals surface area contributed by atoms with Crippen molar-refractivity contribution in [3.05, 3.63) is 15.8 Å². The normalized spacial score (nSPS) is 19.4. The predicted molar refractivity (Wildman–Crippen MR) is 71.3 cm³/mol. The van der Waals surface area contributed by atoms with Crippen LogP contribution >= 0.6 is 0 Å². The van der Waals surface area contributed by atoms with Gasteiger partial charge in [-0.3, -0.25) is 10.1 Å². The highest BCUT2D eigenvalue weighted by Crippen LogP contribution is 2.27. The minimum atomic E-state index is -0.387. The van der Waals surface area contributed by atoms with Gasteiger partial charge in [0.15, 0.2) is 0 Å². The third-order valence-corrected chi connectivity index (χ3v) is 3.41. The van der Waals surface area contributed by atoms with Crippen LogP contribution in [0.2, 0.25) is 0 Å². The van der Waals surface area contributed by atoms with Crippen LogP contribution in [0.25, 0.3) is 0 Å². The molecule has 19 heavy (non-hydrogen) atoms. The molecule has 0 saturated carbocycles. The van der Waals surface area contributed by atoms with E-state index < -0.39 is 0 Å². The van der Waals surface area contributed by atoms with Crippen LogP contribution in [0, 0.1) is 17.0 Å². The Kier molecular flexibility index (Phi) is 4.36. The Balaban J connectivity index is 1.93. The quantitative estimate of drug-likeness (QED) is 0.652. The van der Waals surface area contributed by atoms with Crippen molar-refractivity contribution in [3.63, 3.8) is 0 Å². The molecule has 1 unspecified atom stereocenters. The van der Waals surface area contributed by atoms with E-state index in [1.165, 1.54) is 11.1 Å². The van der Waals surface area contributed by atoms with Crippen molar-refractivity contribution in [2.75, 3.05) is 18.5 Å². The third kappa shape index (κ3) is 3.23. The van der Waals surface area contributed by atoms with Crippen molar-refractivity contribution >= 4 is 11.5 Å². The maximum absolute atomic E-state index is 11.0. The lowest BCUT2D eigenvalue weighted by Gasteiger charge is -2.22. The van der Waals surface area contributed by atoms with Crippen LogP contribution in [0.3, 0.4) is 0 Å². The summed E-state index contributed by atoms with van der Waals surface area (Å²) in [6.07, 6.45) is 4.55. The van der Waals surface area contributed by atoms with Crippen LogP contribution in [0.15, 0.2) is 0 Å². The summed E-state index contributed by atoms with van der Waals surface area (Å²) in [4.78, 5) is 10.6. The summed E-state index contributed by atoms with van der Waals surface area (Å²) in [6.45, 7) is 3.13. The van der Waals surface area contributed by atoms with E-state index in [9.17, 15) is 10.1 Å². The second-order valence-electron chi connectivity index (χ2n) is 4.87. The molecule has 0 bridgehead atoms. The number of anilines is 1. The Morgan fingerprint density at radius 3 is 3.00 bits per heavy atom. The molecule has 0 amide bonds. The SMILES string of the molecule is Cc1nn(C)c(NCCC2CCCCO2)c1[N+](=O)[O-]. The van der Waals surface area contributed by atoms with Crippen molar-refractivity contribution in [2.24, 2.45) is 7.05 Å². The largest absolute Gasteiger partial charge is 0.378 e. The Morgan fingerprint density at radius 2 is 2.37 bits per heavy atom. The average molecular weight is 268 g/mol. The summed E-state index contributed by atoms with van der Waals surface area (Å²) in [7, 11) is 1.71. The lowest BCUT2D eigenvalue weighted by atomic mass is 10.1. The van der Waals surface area contributed by atoms with E-state index >= 15 is 0 Å². The molecule has 0 aromatic carbocycles. The molecule has 0 radical (unpaired) electrons. The van der Waals surface area contributed by atoms with Crippen molar-refractivity contribution < 1.29 is 9.66 Å². The number of aromatic nitrogens is 2. The number of aryl methyl sites for hydroxylation is 2. The summed E-state index contributed by atoms with van der Waals surface area (Å²) >= 11 is 0. The summed E-state index contributed by atoms with van der Waals surface area (Å²) in [5, 5.41) is 18.2. The van der Waals surface area contributed by atoms with Crippen molar-refractivity contribution in [1.29, 1.82) is 0 Å². The fourth-order valence-electron chi connectivity index (χ4n) is 2.45. The number of ether oxygens (including phenoxy) is 1. The molecule has 1 aliphatic heterocycles. The minimum absolute atomic E-state index is 0.0621.